The lowest BCUT2D eigenvalue weighted by molar-refractivity contribution is -0.137. The van der Waals surface area contributed by atoms with Crippen LogP contribution >= 0.6 is 0 Å². The third-order valence-corrected chi connectivity index (χ3v) is 4.08. The van der Waals surface area contributed by atoms with Crippen molar-refractivity contribution in [3.8, 4) is 11.8 Å². The van der Waals surface area contributed by atoms with E-state index in [-0.39, 0.29) is 6.42 Å². The van der Waals surface area contributed by atoms with Crippen molar-refractivity contribution in [3.05, 3.63) is 0 Å². The molecule has 1 amide bonds. The number of aliphatic carboxylic acids is 1. The van der Waals surface area contributed by atoms with Crippen LogP contribution in [0.2, 0.25) is 0 Å². The van der Waals surface area contributed by atoms with Crippen LogP contribution in [0.4, 0.5) is 4.79 Å². The summed E-state index contributed by atoms with van der Waals surface area (Å²) in [6.07, 6.45) is 4.20. The molecule has 0 aliphatic heterocycles. The van der Waals surface area contributed by atoms with Crippen LogP contribution in [0.15, 0.2) is 0 Å². The van der Waals surface area contributed by atoms with E-state index in [1.165, 1.54) is 0 Å². The van der Waals surface area contributed by atoms with Gasteiger partial charge in [0.15, 0.2) is 0 Å². The summed E-state index contributed by atoms with van der Waals surface area (Å²) in [6, 6.07) is 0. The maximum absolute atomic E-state index is 11.5. The summed E-state index contributed by atoms with van der Waals surface area (Å²) in [7, 11) is 0. The lowest BCUT2D eigenvalue weighted by atomic mass is 10.1. The predicted octanol–water partition coefficient (Wildman–Crippen LogP) is 2.02. The Hall–Kier alpha value is -1.70. The molecule has 0 aromatic carbocycles. The highest BCUT2D eigenvalue weighted by atomic mass is 16.5. The summed E-state index contributed by atoms with van der Waals surface area (Å²) >= 11 is 0. The van der Waals surface area contributed by atoms with Gasteiger partial charge in [-0.2, -0.15) is 0 Å². The normalized spacial score (nSPS) is 27.1. The van der Waals surface area contributed by atoms with E-state index in [9.17, 15) is 9.59 Å². The van der Waals surface area contributed by atoms with Gasteiger partial charge >= 0.3 is 12.1 Å². The molecule has 0 radical (unpaired) electrons. The van der Waals surface area contributed by atoms with Crippen molar-refractivity contribution in [2.24, 2.45) is 17.8 Å². The number of fused-ring (bicyclic) bond motifs is 1. The molecule has 0 saturated heterocycles. The molecule has 5 nitrogen and oxygen atoms in total. The minimum absolute atomic E-state index is 0.0626. The molecule has 0 spiro atoms. The van der Waals surface area contributed by atoms with Crippen LogP contribution in [-0.4, -0.2) is 30.3 Å². The lowest BCUT2D eigenvalue weighted by Gasteiger charge is -2.06. The highest BCUT2D eigenvalue weighted by Crippen LogP contribution is 2.52. The fraction of sp³-hybridized carbons (Fsp3) is 0.733. The summed E-state index contributed by atoms with van der Waals surface area (Å²) in [5.41, 5.74) is 0. The van der Waals surface area contributed by atoms with Gasteiger partial charge in [-0.3, -0.25) is 4.79 Å². The SMILES string of the molecule is O=C(O)CCCNC(=O)OCC1C2CCC#CCCC21. The van der Waals surface area contributed by atoms with Gasteiger partial charge in [0.1, 0.15) is 0 Å². The fourth-order valence-electron chi connectivity index (χ4n) is 2.94. The van der Waals surface area contributed by atoms with Crippen molar-refractivity contribution in [2.45, 2.75) is 38.5 Å². The molecule has 2 aliphatic carbocycles. The average Bonchev–Trinajstić information content (AvgIpc) is 3.02. The van der Waals surface area contributed by atoms with Crippen LogP contribution in [0.5, 0.6) is 0 Å². The Morgan fingerprint density at radius 3 is 2.45 bits per heavy atom. The molecule has 5 heteroatoms. The minimum atomic E-state index is -0.850. The predicted molar refractivity (Wildman–Crippen MR) is 72.9 cm³/mol. The zero-order chi connectivity index (χ0) is 14.4. The molecule has 0 aromatic rings. The molecule has 0 aromatic heterocycles. The van der Waals surface area contributed by atoms with E-state index >= 15 is 0 Å². The minimum Gasteiger partial charge on any atom is -0.481 e. The number of hydrogen-bond donors (Lipinski definition) is 2. The van der Waals surface area contributed by atoms with Crippen LogP contribution in [0.3, 0.4) is 0 Å². The van der Waals surface area contributed by atoms with Crippen molar-refractivity contribution in [3.63, 3.8) is 0 Å². The zero-order valence-electron chi connectivity index (χ0n) is 11.6. The van der Waals surface area contributed by atoms with Gasteiger partial charge in [-0.1, -0.05) is 0 Å². The molecule has 2 aliphatic rings. The Morgan fingerprint density at radius 1 is 1.20 bits per heavy atom. The van der Waals surface area contributed by atoms with E-state index in [4.69, 9.17) is 9.84 Å². The number of hydrogen-bond acceptors (Lipinski definition) is 3. The van der Waals surface area contributed by atoms with Crippen molar-refractivity contribution < 1.29 is 19.4 Å². The van der Waals surface area contributed by atoms with Gasteiger partial charge in [-0.15, -0.1) is 11.8 Å². The maximum atomic E-state index is 11.5. The molecule has 2 rings (SSSR count). The molecule has 2 N–H and O–H groups in total. The van der Waals surface area contributed by atoms with Crippen molar-refractivity contribution in [1.29, 1.82) is 0 Å². The smallest absolute Gasteiger partial charge is 0.407 e. The number of ether oxygens (including phenoxy) is 1. The van der Waals surface area contributed by atoms with E-state index in [1.54, 1.807) is 0 Å². The number of carboxylic acid groups (broad SMARTS) is 1. The largest absolute Gasteiger partial charge is 0.481 e. The third kappa shape index (κ3) is 4.44. The molecule has 0 heterocycles. The second-order valence-electron chi connectivity index (χ2n) is 5.44. The standard InChI is InChI=1S/C15H21NO4/c17-14(18)8-5-9-16-15(19)20-10-13-11-6-3-1-2-4-7-12(11)13/h11-13H,3-10H2,(H,16,19)(H,17,18). The van der Waals surface area contributed by atoms with Crippen molar-refractivity contribution >= 4 is 12.1 Å². The molecule has 0 bridgehead atoms. The maximum Gasteiger partial charge on any atom is 0.407 e. The Balaban J connectivity index is 1.57. The van der Waals surface area contributed by atoms with Crippen molar-refractivity contribution in [2.75, 3.05) is 13.2 Å². The number of rotatable bonds is 6. The van der Waals surface area contributed by atoms with E-state index in [1.807, 2.05) is 0 Å². The second kappa shape index (κ2) is 7.18. The highest BCUT2D eigenvalue weighted by molar-refractivity contribution is 5.68. The number of carbonyl (C=O) groups excluding carboxylic acids is 1. The van der Waals surface area contributed by atoms with Crippen LogP contribution < -0.4 is 5.32 Å². The van der Waals surface area contributed by atoms with Gasteiger partial charge < -0.3 is 15.2 Å². The van der Waals surface area contributed by atoms with Gasteiger partial charge in [-0.25, -0.2) is 4.79 Å². The number of carboxylic acids is 1. The quantitative estimate of drug-likeness (QED) is 0.576. The van der Waals surface area contributed by atoms with Gasteiger partial charge in [0, 0.05) is 25.8 Å². The van der Waals surface area contributed by atoms with Crippen LogP contribution in [0.1, 0.15) is 38.5 Å². The molecule has 1 saturated carbocycles. The molecule has 20 heavy (non-hydrogen) atoms. The number of carbonyl (C=O) groups is 2. The topological polar surface area (TPSA) is 75.6 Å². The first kappa shape index (κ1) is 14.7. The average molecular weight is 279 g/mol. The Labute approximate surface area is 119 Å². The summed E-state index contributed by atoms with van der Waals surface area (Å²) in [4.78, 5) is 21.8. The van der Waals surface area contributed by atoms with E-state index < -0.39 is 12.1 Å². The number of alkyl carbamates (subject to hydrolysis) is 1. The molecular formula is C15H21NO4. The third-order valence-electron chi connectivity index (χ3n) is 4.08. The molecule has 110 valence electrons. The Morgan fingerprint density at radius 2 is 1.85 bits per heavy atom. The summed E-state index contributed by atoms with van der Waals surface area (Å²) < 4.78 is 5.21. The van der Waals surface area contributed by atoms with Gasteiger partial charge in [0.2, 0.25) is 0 Å². The molecule has 1 fully saturated rings. The first-order valence-corrected chi connectivity index (χ1v) is 7.26. The summed E-state index contributed by atoms with van der Waals surface area (Å²) in [6.45, 7) is 0.816. The Kier molecular flexibility index (Phi) is 5.28. The highest BCUT2D eigenvalue weighted by Gasteiger charge is 2.49. The van der Waals surface area contributed by atoms with Gasteiger partial charge in [-0.05, 0) is 37.0 Å². The van der Waals surface area contributed by atoms with E-state index in [0.29, 0.717) is 37.3 Å². The van der Waals surface area contributed by atoms with Gasteiger partial charge in [0.05, 0.1) is 6.61 Å². The number of nitrogens with one attached hydrogen (secondary N) is 1. The molecular weight excluding hydrogens is 258 g/mol. The van der Waals surface area contributed by atoms with E-state index in [2.05, 4.69) is 17.2 Å². The van der Waals surface area contributed by atoms with E-state index in [0.717, 1.165) is 25.7 Å². The van der Waals surface area contributed by atoms with Crippen LogP contribution in [0, 0.1) is 29.6 Å². The fourth-order valence-corrected chi connectivity index (χ4v) is 2.94. The molecule has 2 unspecified atom stereocenters. The summed E-state index contributed by atoms with van der Waals surface area (Å²) in [5.74, 6) is 7.29. The lowest BCUT2D eigenvalue weighted by Crippen LogP contribution is -2.26. The monoisotopic (exact) mass is 279 g/mol. The van der Waals surface area contributed by atoms with Crippen LogP contribution in [0.25, 0.3) is 0 Å². The summed E-state index contributed by atoms with van der Waals surface area (Å²) in [5, 5.41) is 11.1. The van der Waals surface area contributed by atoms with Crippen LogP contribution in [-0.2, 0) is 9.53 Å². The second-order valence-corrected chi connectivity index (χ2v) is 5.44. The zero-order valence-corrected chi connectivity index (χ0v) is 11.6. The Bertz CT molecular complexity index is 405. The first-order chi connectivity index (χ1) is 9.68. The van der Waals surface area contributed by atoms with Crippen molar-refractivity contribution in [1.82, 2.24) is 5.32 Å². The van der Waals surface area contributed by atoms with Gasteiger partial charge in [0.25, 0.3) is 0 Å². The first-order valence-electron chi connectivity index (χ1n) is 7.26. The number of amides is 1. The molecule has 2 atom stereocenters.